The molecule has 1 atom stereocenters. The van der Waals surface area contributed by atoms with Crippen molar-refractivity contribution in [2.45, 2.75) is 45.1 Å². The number of nitrogens with one attached hydrogen (secondary N) is 1. The number of sulfonamides is 1. The number of anilines is 1. The summed E-state index contributed by atoms with van der Waals surface area (Å²) in [4.78, 5) is 13.2. The molecule has 0 heterocycles. The van der Waals surface area contributed by atoms with Crippen molar-refractivity contribution in [2.75, 3.05) is 10.8 Å². The lowest BCUT2D eigenvalue weighted by Gasteiger charge is -2.27. The molecule has 1 amide bonds. The lowest BCUT2D eigenvalue weighted by Crippen LogP contribution is -2.42. The maximum Gasteiger partial charge on any atom is 0.264 e. The average Bonchev–Trinajstić information content (AvgIpc) is 2.79. The zero-order valence-electron chi connectivity index (χ0n) is 19.0. The molecule has 0 radical (unpaired) electrons. The summed E-state index contributed by atoms with van der Waals surface area (Å²) in [7, 11) is -3.93. The second kappa shape index (κ2) is 10.0. The maximum absolute atomic E-state index is 13.5. The number of hydrogen-bond donors (Lipinski definition) is 1. The van der Waals surface area contributed by atoms with E-state index >= 15 is 0 Å². The van der Waals surface area contributed by atoms with E-state index < -0.39 is 10.0 Å². The van der Waals surface area contributed by atoms with E-state index in [-0.39, 0.29) is 23.4 Å². The summed E-state index contributed by atoms with van der Waals surface area (Å²) >= 11 is 0. The van der Waals surface area contributed by atoms with Gasteiger partial charge in [-0.3, -0.25) is 9.10 Å². The first-order valence-electron chi connectivity index (χ1n) is 10.7. The molecule has 0 aliphatic carbocycles. The number of hydrogen-bond acceptors (Lipinski definition) is 3. The molecule has 3 aromatic rings. The SMILES string of the molecule is CC[C@H](NC(=O)CN(c1cccc(C)c1C)S(=O)(=O)c1ccccc1)c1ccc(C)cc1. The molecule has 5 nitrogen and oxygen atoms in total. The van der Waals surface area contributed by atoms with Crippen LogP contribution in [0.2, 0.25) is 0 Å². The van der Waals surface area contributed by atoms with E-state index in [1.54, 1.807) is 36.4 Å². The number of amides is 1. The Balaban J connectivity index is 1.94. The van der Waals surface area contributed by atoms with Gasteiger partial charge in [-0.25, -0.2) is 8.42 Å². The minimum Gasteiger partial charge on any atom is -0.348 e. The fraction of sp³-hybridized carbons (Fsp3) is 0.269. The first kappa shape index (κ1) is 23.5. The van der Waals surface area contributed by atoms with E-state index in [9.17, 15) is 13.2 Å². The first-order valence-corrected chi connectivity index (χ1v) is 12.2. The molecule has 0 unspecified atom stereocenters. The molecule has 0 bridgehead atoms. The van der Waals surface area contributed by atoms with Crippen LogP contribution in [-0.2, 0) is 14.8 Å². The number of nitrogens with zero attached hydrogens (tertiary/aromatic N) is 1. The molecule has 0 fully saturated rings. The van der Waals surface area contributed by atoms with E-state index in [2.05, 4.69) is 5.32 Å². The highest BCUT2D eigenvalue weighted by Crippen LogP contribution is 2.28. The van der Waals surface area contributed by atoms with Crippen molar-refractivity contribution in [1.82, 2.24) is 5.32 Å². The summed E-state index contributed by atoms with van der Waals surface area (Å²) in [5, 5.41) is 3.02. The van der Waals surface area contributed by atoms with E-state index in [0.717, 1.165) is 22.3 Å². The van der Waals surface area contributed by atoms with Crippen molar-refractivity contribution in [3.8, 4) is 0 Å². The second-order valence-electron chi connectivity index (χ2n) is 7.98. The van der Waals surface area contributed by atoms with Crippen LogP contribution in [0.5, 0.6) is 0 Å². The molecule has 0 spiro atoms. The third-order valence-corrected chi connectivity index (χ3v) is 7.46. The molecule has 3 aromatic carbocycles. The van der Waals surface area contributed by atoms with Gasteiger partial charge in [-0.15, -0.1) is 0 Å². The Bertz CT molecular complexity index is 1170. The van der Waals surface area contributed by atoms with Gasteiger partial charge in [0.25, 0.3) is 10.0 Å². The van der Waals surface area contributed by atoms with Crippen LogP contribution in [-0.4, -0.2) is 20.9 Å². The molecule has 0 saturated carbocycles. The van der Waals surface area contributed by atoms with Crippen molar-refractivity contribution in [3.63, 3.8) is 0 Å². The van der Waals surface area contributed by atoms with Gasteiger partial charge in [-0.05, 0) is 62.1 Å². The van der Waals surface area contributed by atoms with Gasteiger partial charge < -0.3 is 5.32 Å². The number of rotatable bonds is 8. The molecular weight excluding hydrogens is 420 g/mol. The van der Waals surface area contributed by atoms with Crippen molar-refractivity contribution in [2.24, 2.45) is 0 Å². The van der Waals surface area contributed by atoms with Gasteiger partial charge in [0.15, 0.2) is 0 Å². The number of carbonyl (C=O) groups excluding carboxylic acids is 1. The molecule has 168 valence electrons. The second-order valence-corrected chi connectivity index (χ2v) is 9.85. The Morgan fingerprint density at radius 3 is 2.19 bits per heavy atom. The van der Waals surface area contributed by atoms with E-state index in [4.69, 9.17) is 0 Å². The largest absolute Gasteiger partial charge is 0.348 e. The topological polar surface area (TPSA) is 66.5 Å². The molecule has 1 N–H and O–H groups in total. The zero-order valence-corrected chi connectivity index (χ0v) is 19.8. The van der Waals surface area contributed by atoms with Crippen LogP contribution in [0.4, 0.5) is 5.69 Å². The minimum atomic E-state index is -3.93. The maximum atomic E-state index is 13.5. The molecule has 0 saturated heterocycles. The van der Waals surface area contributed by atoms with Gasteiger partial charge in [0, 0.05) is 0 Å². The third-order valence-electron chi connectivity index (χ3n) is 5.69. The van der Waals surface area contributed by atoms with Gasteiger partial charge in [0.1, 0.15) is 6.54 Å². The summed E-state index contributed by atoms with van der Waals surface area (Å²) in [5.74, 6) is -0.349. The predicted octanol–water partition coefficient (Wildman–Crippen LogP) is 5.07. The van der Waals surface area contributed by atoms with E-state index in [1.165, 1.54) is 4.31 Å². The highest BCUT2D eigenvalue weighted by Gasteiger charge is 2.29. The minimum absolute atomic E-state index is 0.152. The van der Waals surface area contributed by atoms with Crippen molar-refractivity contribution in [1.29, 1.82) is 0 Å². The van der Waals surface area contributed by atoms with E-state index in [1.807, 2.05) is 64.1 Å². The number of carbonyl (C=O) groups is 1. The van der Waals surface area contributed by atoms with E-state index in [0.29, 0.717) is 12.1 Å². The Hall–Kier alpha value is -3.12. The molecule has 0 aliphatic heterocycles. The van der Waals surface area contributed by atoms with Gasteiger partial charge in [0.2, 0.25) is 5.91 Å². The van der Waals surface area contributed by atoms with Crippen LogP contribution >= 0.6 is 0 Å². The predicted molar refractivity (Wildman–Crippen MR) is 129 cm³/mol. The van der Waals surface area contributed by atoms with Gasteiger partial charge in [0.05, 0.1) is 16.6 Å². The first-order chi connectivity index (χ1) is 15.2. The quantitative estimate of drug-likeness (QED) is 0.521. The lowest BCUT2D eigenvalue weighted by atomic mass is 10.0. The fourth-order valence-electron chi connectivity index (χ4n) is 3.62. The average molecular weight is 451 g/mol. The zero-order chi connectivity index (χ0) is 23.3. The van der Waals surface area contributed by atoms with Crippen LogP contribution in [0.1, 0.15) is 41.6 Å². The van der Waals surface area contributed by atoms with Gasteiger partial charge >= 0.3 is 0 Å². The molecular formula is C26H30N2O3S. The standard InChI is InChI=1S/C26H30N2O3S/c1-5-24(22-16-14-19(2)15-17-22)27-26(29)18-28(25-13-9-10-20(3)21(25)4)32(30,31)23-11-7-6-8-12-23/h6-17,24H,5,18H2,1-4H3,(H,27,29)/t24-/m0/s1. The van der Waals surface area contributed by atoms with Crippen LogP contribution in [0.25, 0.3) is 0 Å². The van der Waals surface area contributed by atoms with Gasteiger partial charge in [-0.2, -0.15) is 0 Å². The Morgan fingerprint density at radius 1 is 0.906 bits per heavy atom. The van der Waals surface area contributed by atoms with Crippen LogP contribution in [0, 0.1) is 20.8 Å². The Kier molecular flexibility index (Phi) is 7.36. The van der Waals surface area contributed by atoms with Crippen LogP contribution in [0.3, 0.4) is 0 Å². The molecule has 0 aliphatic rings. The van der Waals surface area contributed by atoms with Crippen LogP contribution in [0.15, 0.2) is 77.7 Å². The number of benzene rings is 3. The smallest absolute Gasteiger partial charge is 0.264 e. The van der Waals surface area contributed by atoms with Gasteiger partial charge in [-0.1, -0.05) is 67.1 Å². The van der Waals surface area contributed by atoms with Crippen molar-refractivity contribution >= 4 is 21.6 Å². The van der Waals surface area contributed by atoms with Crippen LogP contribution < -0.4 is 9.62 Å². The molecule has 3 rings (SSSR count). The Morgan fingerprint density at radius 2 is 1.56 bits per heavy atom. The molecule has 32 heavy (non-hydrogen) atoms. The molecule has 6 heteroatoms. The molecule has 0 aromatic heterocycles. The highest BCUT2D eigenvalue weighted by molar-refractivity contribution is 7.92. The monoisotopic (exact) mass is 450 g/mol. The summed E-state index contributed by atoms with van der Waals surface area (Å²) in [5.41, 5.74) is 4.43. The summed E-state index contributed by atoms with van der Waals surface area (Å²) < 4.78 is 28.3. The number of aryl methyl sites for hydroxylation is 2. The van der Waals surface area contributed by atoms with Crippen molar-refractivity contribution in [3.05, 3.63) is 95.1 Å². The fourth-order valence-corrected chi connectivity index (χ4v) is 5.11. The summed E-state index contributed by atoms with van der Waals surface area (Å²) in [6, 6.07) is 21.5. The Labute approximate surface area is 191 Å². The normalized spacial score (nSPS) is 12.2. The summed E-state index contributed by atoms with van der Waals surface area (Å²) in [6.45, 7) is 7.51. The third kappa shape index (κ3) is 5.19. The summed E-state index contributed by atoms with van der Waals surface area (Å²) in [6.07, 6.45) is 0.698. The lowest BCUT2D eigenvalue weighted by molar-refractivity contribution is -0.120. The van der Waals surface area contributed by atoms with Crippen molar-refractivity contribution < 1.29 is 13.2 Å². The highest BCUT2D eigenvalue weighted by atomic mass is 32.2.